The van der Waals surface area contributed by atoms with Gasteiger partial charge in [-0.15, -0.1) is 0 Å². The summed E-state index contributed by atoms with van der Waals surface area (Å²) in [5, 5.41) is 11.6. The highest BCUT2D eigenvalue weighted by atomic mass is 16.4. The average molecular weight is 244 g/mol. The van der Waals surface area contributed by atoms with E-state index in [4.69, 9.17) is 10.8 Å². The van der Waals surface area contributed by atoms with Crippen molar-refractivity contribution >= 4 is 11.9 Å². The van der Waals surface area contributed by atoms with Crippen LogP contribution in [0.1, 0.15) is 40.5 Å². The van der Waals surface area contributed by atoms with E-state index in [-0.39, 0.29) is 30.2 Å². The summed E-state index contributed by atoms with van der Waals surface area (Å²) in [6.45, 7) is 7.57. The van der Waals surface area contributed by atoms with Gasteiger partial charge in [0.25, 0.3) is 0 Å². The van der Waals surface area contributed by atoms with Gasteiger partial charge in [-0.05, 0) is 11.8 Å². The summed E-state index contributed by atoms with van der Waals surface area (Å²) in [6.07, 6.45) is 0.866. The third-order valence-electron chi connectivity index (χ3n) is 3.07. The van der Waals surface area contributed by atoms with Crippen LogP contribution in [0.3, 0.4) is 0 Å². The van der Waals surface area contributed by atoms with Crippen LogP contribution in [0.4, 0.5) is 0 Å². The molecule has 1 unspecified atom stereocenters. The predicted octanol–water partition coefficient (Wildman–Crippen LogP) is 0.975. The Morgan fingerprint density at radius 3 is 2.18 bits per heavy atom. The zero-order valence-electron chi connectivity index (χ0n) is 11.1. The molecular weight excluding hydrogens is 220 g/mol. The fourth-order valence-corrected chi connectivity index (χ4v) is 1.37. The molecule has 0 saturated carbocycles. The summed E-state index contributed by atoms with van der Waals surface area (Å²) in [5.41, 5.74) is 5.77. The Hall–Kier alpha value is -1.10. The van der Waals surface area contributed by atoms with Crippen molar-refractivity contribution in [2.45, 2.75) is 52.6 Å². The summed E-state index contributed by atoms with van der Waals surface area (Å²) >= 11 is 0. The van der Waals surface area contributed by atoms with Gasteiger partial charge in [-0.2, -0.15) is 0 Å². The predicted molar refractivity (Wildman–Crippen MR) is 66.5 cm³/mol. The quantitative estimate of drug-likeness (QED) is 0.622. The smallest absolute Gasteiger partial charge is 0.326 e. The molecule has 0 rings (SSSR count). The zero-order valence-corrected chi connectivity index (χ0v) is 11.1. The number of hydrogen-bond acceptors (Lipinski definition) is 3. The van der Waals surface area contributed by atoms with Gasteiger partial charge in [-0.1, -0.05) is 34.1 Å². The van der Waals surface area contributed by atoms with Crippen LogP contribution >= 0.6 is 0 Å². The molecular formula is C12H24N2O3. The fourth-order valence-electron chi connectivity index (χ4n) is 1.37. The maximum absolute atomic E-state index is 11.6. The molecule has 0 aromatic heterocycles. The standard InChI is InChI=1S/C12H24N2O3/c1-5-8(4)11(12(16)17)14-10(15)6-9(13)7(2)3/h7-9,11H,5-6,13H2,1-4H3,(H,14,15)(H,16,17)/t8-,9?,11-/m0/s1. The molecule has 0 radical (unpaired) electrons. The lowest BCUT2D eigenvalue weighted by molar-refractivity contribution is -0.143. The Labute approximate surface area is 103 Å². The van der Waals surface area contributed by atoms with Crippen LogP contribution in [0.15, 0.2) is 0 Å². The lowest BCUT2D eigenvalue weighted by atomic mass is 9.98. The molecule has 5 nitrogen and oxygen atoms in total. The van der Waals surface area contributed by atoms with E-state index in [2.05, 4.69) is 5.32 Å². The molecule has 0 saturated heterocycles. The van der Waals surface area contributed by atoms with Crippen molar-refractivity contribution in [2.75, 3.05) is 0 Å². The van der Waals surface area contributed by atoms with E-state index < -0.39 is 12.0 Å². The molecule has 5 heteroatoms. The Balaban J connectivity index is 4.37. The van der Waals surface area contributed by atoms with E-state index in [1.165, 1.54) is 0 Å². The summed E-state index contributed by atoms with van der Waals surface area (Å²) in [6, 6.07) is -1.06. The number of carboxylic acid groups (broad SMARTS) is 1. The molecule has 0 bridgehead atoms. The number of carbonyl (C=O) groups is 2. The molecule has 0 fully saturated rings. The number of hydrogen-bond donors (Lipinski definition) is 3. The maximum atomic E-state index is 11.6. The first-order chi connectivity index (χ1) is 7.79. The molecule has 1 amide bonds. The highest BCUT2D eigenvalue weighted by Crippen LogP contribution is 2.09. The van der Waals surface area contributed by atoms with Gasteiger partial charge in [0.05, 0.1) is 0 Å². The van der Waals surface area contributed by atoms with Gasteiger partial charge in [0, 0.05) is 12.5 Å². The lowest BCUT2D eigenvalue weighted by Gasteiger charge is -2.22. The molecule has 0 heterocycles. The minimum Gasteiger partial charge on any atom is -0.480 e. The van der Waals surface area contributed by atoms with Crippen molar-refractivity contribution < 1.29 is 14.7 Å². The zero-order chi connectivity index (χ0) is 13.6. The highest BCUT2D eigenvalue weighted by molar-refractivity contribution is 5.84. The molecule has 4 N–H and O–H groups in total. The van der Waals surface area contributed by atoms with Crippen LogP contribution in [0.25, 0.3) is 0 Å². The van der Waals surface area contributed by atoms with E-state index in [9.17, 15) is 9.59 Å². The first-order valence-corrected chi connectivity index (χ1v) is 6.07. The molecule has 0 aliphatic rings. The van der Waals surface area contributed by atoms with E-state index >= 15 is 0 Å². The van der Waals surface area contributed by atoms with Gasteiger partial charge in [0.15, 0.2) is 0 Å². The first-order valence-electron chi connectivity index (χ1n) is 6.07. The van der Waals surface area contributed by atoms with E-state index in [0.29, 0.717) is 6.42 Å². The monoisotopic (exact) mass is 244 g/mol. The van der Waals surface area contributed by atoms with Crippen molar-refractivity contribution in [3.05, 3.63) is 0 Å². The number of carbonyl (C=O) groups excluding carboxylic acids is 1. The van der Waals surface area contributed by atoms with Gasteiger partial charge >= 0.3 is 5.97 Å². The maximum Gasteiger partial charge on any atom is 0.326 e. The number of amides is 1. The number of nitrogens with two attached hydrogens (primary N) is 1. The van der Waals surface area contributed by atoms with Gasteiger partial charge in [-0.3, -0.25) is 4.79 Å². The van der Waals surface area contributed by atoms with Crippen molar-refractivity contribution in [1.29, 1.82) is 0 Å². The van der Waals surface area contributed by atoms with Crippen LogP contribution in [-0.2, 0) is 9.59 Å². The van der Waals surface area contributed by atoms with E-state index in [1.807, 2.05) is 20.8 Å². The second kappa shape index (κ2) is 7.27. The average Bonchev–Trinajstić information content (AvgIpc) is 2.24. The Morgan fingerprint density at radius 1 is 1.29 bits per heavy atom. The third kappa shape index (κ3) is 5.68. The van der Waals surface area contributed by atoms with Crippen molar-refractivity contribution in [1.82, 2.24) is 5.32 Å². The molecule has 100 valence electrons. The highest BCUT2D eigenvalue weighted by Gasteiger charge is 2.26. The van der Waals surface area contributed by atoms with Crippen molar-refractivity contribution in [2.24, 2.45) is 17.6 Å². The van der Waals surface area contributed by atoms with Crippen LogP contribution in [0.5, 0.6) is 0 Å². The number of carboxylic acids is 1. The Bertz CT molecular complexity index is 266. The van der Waals surface area contributed by atoms with Crippen molar-refractivity contribution in [3.8, 4) is 0 Å². The molecule has 0 aliphatic heterocycles. The molecule has 0 aliphatic carbocycles. The van der Waals surface area contributed by atoms with Crippen molar-refractivity contribution in [3.63, 3.8) is 0 Å². The minimum absolute atomic E-state index is 0.0910. The first kappa shape index (κ1) is 15.9. The Kier molecular flexibility index (Phi) is 6.80. The fraction of sp³-hybridized carbons (Fsp3) is 0.833. The van der Waals surface area contributed by atoms with Crippen LogP contribution in [0, 0.1) is 11.8 Å². The number of rotatable bonds is 7. The van der Waals surface area contributed by atoms with Gasteiger partial charge in [-0.25, -0.2) is 4.79 Å². The number of aliphatic carboxylic acids is 1. The van der Waals surface area contributed by atoms with Gasteiger partial charge < -0.3 is 16.2 Å². The summed E-state index contributed by atoms with van der Waals surface area (Å²) in [7, 11) is 0. The normalized spacial score (nSPS) is 16.4. The van der Waals surface area contributed by atoms with Gasteiger partial charge in [0.2, 0.25) is 5.91 Å². The minimum atomic E-state index is -0.995. The van der Waals surface area contributed by atoms with Crippen LogP contribution in [0.2, 0.25) is 0 Å². The second-order valence-corrected chi connectivity index (χ2v) is 4.88. The lowest BCUT2D eigenvalue weighted by Crippen LogP contribution is -2.46. The molecule has 3 atom stereocenters. The topological polar surface area (TPSA) is 92.4 Å². The summed E-state index contributed by atoms with van der Waals surface area (Å²) < 4.78 is 0. The summed E-state index contributed by atoms with van der Waals surface area (Å²) in [4.78, 5) is 22.6. The SMILES string of the molecule is CC[C@H](C)[C@H](NC(=O)CC(N)C(C)C)C(=O)O. The van der Waals surface area contributed by atoms with Crippen LogP contribution < -0.4 is 11.1 Å². The van der Waals surface area contributed by atoms with Gasteiger partial charge in [0.1, 0.15) is 6.04 Å². The number of nitrogens with one attached hydrogen (secondary N) is 1. The molecule has 17 heavy (non-hydrogen) atoms. The molecule has 0 spiro atoms. The summed E-state index contributed by atoms with van der Waals surface area (Å²) in [5.74, 6) is -1.18. The van der Waals surface area contributed by atoms with Crippen LogP contribution in [-0.4, -0.2) is 29.1 Å². The molecule has 0 aromatic carbocycles. The Morgan fingerprint density at radius 2 is 1.82 bits per heavy atom. The largest absolute Gasteiger partial charge is 0.480 e. The van der Waals surface area contributed by atoms with E-state index in [1.54, 1.807) is 6.92 Å². The molecule has 0 aromatic rings. The third-order valence-corrected chi connectivity index (χ3v) is 3.07. The second-order valence-electron chi connectivity index (χ2n) is 4.88. The van der Waals surface area contributed by atoms with E-state index in [0.717, 1.165) is 0 Å².